The topological polar surface area (TPSA) is 55.7 Å². The highest BCUT2D eigenvalue weighted by atomic mass is 32.2. The predicted octanol–water partition coefficient (Wildman–Crippen LogP) is 2.78. The van der Waals surface area contributed by atoms with Crippen molar-refractivity contribution < 1.29 is 12.7 Å². The zero-order valence-electron chi connectivity index (χ0n) is 10.5. The third-order valence-corrected chi connectivity index (χ3v) is 3.79. The zero-order chi connectivity index (χ0) is 13.9. The van der Waals surface area contributed by atoms with Crippen molar-refractivity contribution in [1.82, 2.24) is 0 Å². The second-order valence-corrected chi connectivity index (χ2v) is 5.73. The van der Waals surface area contributed by atoms with Gasteiger partial charge in [-0.1, -0.05) is 41.1 Å². The Morgan fingerprint density at radius 2 is 1.95 bits per heavy atom. The summed E-state index contributed by atoms with van der Waals surface area (Å²) in [6, 6.07) is 6.40. The number of nitrogens with zero attached hydrogens (tertiary/aromatic N) is 1. The molecule has 4 nitrogen and oxygen atoms in total. The standard InChI is InChI=1S/C14H14NO3S/c1-11-7-9-13(10-8-11)19(16,17)18-15-14-6-4-3-5-12(14)2/h3-5,7-10H,2,6H2,1H3. The quantitative estimate of drug-likeness (QED) is 0.798. The Hall–Kier alpha value is -1.88. The molecule has 0 fully saturated rings. The summed E-state index contributed by atoms with van der Waals surface area (Å²) in [5.41, 5.74) is 2.14. The second kappa shape index (κ2) is 5.40. The van der Waals surface area contributed by atoms with Crippen molar-refractivity contribution in [1.29, 1.82) is 0 Å². The molecule has 0 aliphatic heterocycles. The van der Waals surface area contributed by atoms with Gasteiger partial charge in [0.05, 0.1) is 5.71 Å². The lowest BCUT2D eigenvalue weighted by molar-refractivity contribution is 0.338. The third kappa shape index (κ3) is 3.32. The zero-order valence-corrected chi connectivity index (χ0v) is 11.4. The molecule has 1 aliphatic carbocycles. The van der Waals surface area contributed by atoms with Gasteiger partial charge in [0.25, 0.3) is 0 Å². The summed E-state index contributed by atoms with van der Waals surface area (Å²) in [4.78, 5) is 0.0865. The molecule has 2 rings (SSSR count). The van der Waals surface area contributed by atoms with Gasteiger partial charge >= 0.3 is 10.1 Å². The molecule has 1 aromatic rings. The number of benzene rings is 1. The monoisotopic (exact) mass is 276 g/mol. The Morgan fingerprint density at radius 1 is 1.26 bits per heavy atom. The molecule has 0 heterocycles. The van der Waals surface area contributed by atoms with Crippen molar-refractivity contribution in [2.75, 3.05) is 0 Å². The normalized spacial score (nSPS) is 17.4. The van der Waals surface area contributed by atoms with Crippen molar-refractivity contribution in [3.8, 4) is 0 Å². The number of hydrogen-bond donors (Lipinski definition) is 0. The van der Waals surface area contributed by atoms with Gasteiger partial charge in [-0.3, -0.25) is 4.28 Å². The van der Waals surface area contributed by atoms with Gasteiger partial charge in [-0.15, -0.1) is 0 Å². The van der Waals surface area contributed by atoms with Crippen LogP contribution in [0, 0.1) is 13.8 Å². The Balaban J connectivity index is 2.19. The Labute approximate surface area is 113 Å². The van der Waals surface area contributed by atoms with Gasteiger partial charge < -0.3 is 0 Å². The minimum atomic E-state index is -3.87. The molecule has 99 valence electrons. The van der Waals surface area contributed by atoms with E-state index in [0.717, 1.165) is 5.56 Å². The number of aryl methyl sites for hydroxylation is 1. The molecule has 1 radical (unpaired) electrons. The van der Waals surface area contributed by atoms with Crippen LogP contribution in [0.25, 0.3) is 0 Å². The number of oxime groups is 1. The van der Waals surface area contributed by atoms with Crippen LogP contribution in [-0.4, -0.2) is 14.1 Å². The number of rotatable bonds is 3. The predicted molar refractivity (Wildman–Crippen MR) is 74.1 cm³/mol. The lowest BCUT2D eigenvalue weighted by Crippen LogP contribution is -2.07. The van der Waals surface area contributed by atoms with Crippen molar-refractivity contribution in [2.24, 2.45) is 5.16 Å². The SMILES string of the molecule is [CH2]C1=CC=CCC1=NOS(=O)(=O)c1ccc(C)cc1. The van der Waals surface area contributed by atoms with E-state index in [1.165, 1.54) is 12.1 Å². The van der Waals surface area contributed by atoms with E-state index in [2.05, 4.69) is 12.1 Å². The van der Waals surface area contributed by atoms with Crippen LogP contribution in [0.4, 0.5) is 0 Å². The van der Waals surface area contributed by atoms with Crippen LogP contribution in [0.3, 0.4) is 0 Å². The van der Waals surface area contributed by atoms with Crippen molar-refractivity contribution in [2.45, 2.75) is 18.2 Å². The first kappa shape index (κ1) is 13.5. The highest BCUT2D eigenvalue weighted by molar-refractivity contribution is 7.86. The van der Waals surface area contributed by atoms with E-state index in [4.69, 9.17) is 4.28 Å². The third-order valence-electron chi connectivity index (χ3n) is 2.67. The highest BCUT2D eigenvalue weighted by Gasteiger charge is 2.16. The molecule has 19 heavy (non-hydrogen) atoms. The Bertz CT molecular complexity index is 652. The lowest BCUT2D eigenvalue weighted by Gasteiger charge is -2.07. The highest BCUT2D eigenvalue weighted by Crippen LogP contribution is 2.15. The summed E-state index contributed by atoms with van der Waals surface area (Å²) >= 11 is 0. The number of hydrogen-bond acceptors (Lipinski definition) is 4. The van der Waals surface area contributed by atoms with Crippen LogP contribution < -0.4 is 0 Å². The molecular formula is C14H14NO3S. The summed E-state index contributed by atoms with van der Waals surface area (Å²) in [5.74, 6) is 0. The second-order valence-electron chi connectivity index (χ2n) is 4.20. The average molecular weight is 276 g/mol. The molecule has 0 amide bonds. The number of allylic oxidation sites excluding steroid dienone is 4. The molecule has 0 unspecified atom stereocenters. The van der Waals surface area contributed by atoms with Gasteiger partial charge in [-0.2, -0.15) is 8.42 Å². The molecule has 5 heteroatoms. The minimum Gasteiger partial charge on any atom is -0.264 e. The fraction of sp³-hybridized carbons (Fsp3) is 0.143. The van der Waals surface area contributed by atoms with Gasteiger partial charge in [-0.05, 0) is 31.6 Å². The van der Waals surface area contributed by atoms with Gasteiger partial charge in [0.15, 0.2) is 0 Å². The van der Waals surface area contributed by atoms with Crippen LogP contribution in [0.2, 0.25) is 0 Å². The molecule has 0 bridgehead atoms. The van der Waals surface area contributed by atoms with E-state index < -0.39 is 10.1 Å². The fourth-order valence-electron chi connectivity index (χ4n) is 1.53. The van der Waals surface area contributed by atoms with E-state index in [1.54, 1.807) is 18.2 Å². The lowest BCUT2D eigenvalue weighted by atomic mass is 10.1. The van der Waals surface area contributed by atoms with Gasteiger partial charge in [0, 0.05) is 6.42 Å². The summed E-state index contributed by atoms with van der Waals surface area (Å²) in [6.07, 6.45) is 5.97. The van der Waals surface area contributed by atoms with E-state index in [-0.39, 0.29) is 4.90 Å². The smallest absolute Gasteiger partial charge is 0.264 e. The summed E-state index contributed by atoms with van der Waals surface area (Å²) < 4.78 is 28.5. The molecule has 1 aliphatic rings. The molecule has 0 atom stereocenters. The average Bonchev–Trinajstić information content (AvgIpc) is 2.38. The first-order chi connectivity index (χ1) is 8.99. The maximum atomic E-state index is 11.9. The largest absolute Gasteiger partial charge is 0.358 e. The Kier molecular flexibility index (Phi) is 3.85. The van der Waals surface area contributed by atoms with E-state index >= 15 is 0 Å². The van der Waals surface area contributed by atoms with Gasteiger partial charge in [-0.25, -0.2) is 0 Å². The minimum absolute atomic E-state index is 0.0865. The van der Waals surface area contributed by atoms with Crippen LogP contribution >= 0.6 is 0 Å². The van der Waals surface area contributed by atoms with Crippen LogP contribution in [0.1, 0.15) is 12.0 Å². The van der Waals surface area contributed by atoms with Gasteiger partial charge in [0.1, 0.15) is 4.90 Å². The van der Waals surface area contributed by atoms with Crippen LogP contribution in [-0.2, 0) is 14.4 Å². The van der Waals surface area contributed by atoms with E-state index in [0.29, 0.717) is 17.7 Å². The fourth-order valence-corrected chi connectivity index (χ4v) is 2.27. The molecule has 0 saturated heterocycles. The molecule has 1 aromatic carbocycles. The molecule has 0 saturated carbocycles. The molecular weight excluding hydrogens is 262 g/mol. The first-order valence-corrected chi connectivity index (χ1v) is 7.16. The summed E-state index contributed by atoms with van der Waals surface area (Å²) in [5, 5.41) is 3.68. The van der Waals surface area contributed by atoms with Crippen molar-refractivity contribution in [3.05, 3.63) is 60.6 Å². The van der Waals surface area contributed by atoms with Crippen LogP contribution in [0.5, 0.6) is 0 Å². The summed E-state index contributed by atoms with van der Waals surface area (Å²) in [7, 11) is -3.87. The maximum Gasteiger partial charge on any atom is 0.358 e. The van der Waals surface area contributed by atoms with E-state index in [1.807, 2.05) is 19.1 Å². The Morgan fingerprint density at radius 3 is 2.58 bits per heavy atom. The first-order valence-electron chi connectivity index (χ1n) is 5.75. The summed E-state index contributed by atoms with van der Waals surface area (Å²) in [6.45, 7) is 5.65. The van der Waals surface area contributed by atoms with Crippen LogP contribution in [0.15, 0.2) is 58.1 Å². The van der Waals surface area contributed by atoms with Crippen molar-refractivity contribution in [3.63, 3.8) is 0 Å². The molecule has 0 aromatic heterocycles. The molecule has 0 spiro atoms. The van der Waals surface area contributed by atoms with Gasteiger partial charge in [0.2, 0.25) is 0 Å². The maximum absolute atomic E-state index is 11.9. The van der Waals surface area contributed by atoms with E-state index in [9.17, 15) is 8.42 Å². The van der Waals surface area contributed by atoms with Crippen molar-refractivity contribution >= 4 is 15.8 Å². The molecule has 0 N–H and O–H groups in total.